The molecule has 0 aliphatic carbocycles. The van der Waals surface area contributed by atoms with E-state index in [0.717, 1.165) is 21.9 Å². The van der Waals surface area contributed by atoms with Gasteiger partial charge < -0.3 is 0 Å². The van der Waals surface area contributed by atoms with Crippen LogP contribution in [0.4, 0.5) is 4.39 Å². The van der Waals surface area contributed by atoms with Gasteiger partial charge >= 0.3 is 0 Å². The molecule has 0 bridgehead atoms. The van der Waals surface area contributed by atoms with E-state index in [0.29, 0.717) is 0 Å². The summed E-state index contributed by atoms with van der Waals surface area (Å²) in [4.78, 5) is 4.76. The van der Waals surface area contributed by atoms with Crippen molar-refractivity contribution in [3.63, 3.8) is 0 Å². The summed E-state index contributed by atoms with van der Waals surface area (Å²) in [6, 6.07) is 15.0. The predicted octanol–water partition coefficient (Wildman–Crippen LogP) is 5.28. The SMILES string of the molecule is Cc1cc(SCc2ccc(F)cc2)nc2c(C)cccc12. The van der Waals surface area contributed by atoms with Gasteiger partial charge in [0.05, 0.1) is 10.5 Å². The maximum absolute atomic E-state index is 12.9. The van der Waals surface area contributed by atoms with Gasteiger partial charge in [0.2, 0.25) is 0 Å². The van der Waals surface area contributed by atoms with Crippen LogP contribution >= 0.6 is 11.8 Å². The Kier molecular flexibility index (Phi) is 3.93. The lowest BCUT2D eigenvalue weighted by Crippen LogP contribution is -1.90. The third kappa shape index (κ3) is 3.08. The average Bonchev–Trinajstić information content (AvgIpc) is 2.48. The lowest BCUT2D eigenvalue weighted by Gasteiger charge is -2.08. The number of thioether (sulfide) groups is 1. The van der Waals surface area contributed by atoms with Gasteiger partial charge in [-0.05, 0) is 48.7 Å². The molecule has 1 heterocycles. The fourth-order valence-electron chi connectivity index (χ4n) is 2.34. The molecule has 0 spiro atoms. The molecule has 0 aliphatic heterocycles. The van der Waals surface area contributed by atoms with Crippen LogP contribution in [0.2, 0.25) is 0 Å². The Hall–Kier alpha value is -1.87. The molecule has 0 saturated heterocycles. The Morgan fingerprint density at radius 2 is 1.76 bits per heavy atom. The number of halogens is 1. The van der Waals surface area contributed by atoms with E-state index in [1.807, 2.05) is 12.1 Å². The quantitative estimate of drug-likeness (QED) is 0.610. The minimum absolute atomic E-state index is 0.195. The van der Waals surface area contributed by atoms with Gasteiger partial charge in [-0.15, -0.1) is 11.8 Å². The van der Waals surface area contributed by atoms with E-state index in [2.05, 4.69) is 38.1 Å². The molecule has 0 N–H and O–H groups in total. The molecule has 3 heteroatoms. The van der Waals surface area contributed by atoms with Crippen molar-refractivity contribution in [2.24, 2.45) is 0 Å². The van der Waals surface area contributed by atoms with Gasteiger partial charge in [-0.2, -0.15) is 0 Å². The number of benzene rings is 2. The molecule has 0 fully saturated rings. The van der Waals surface area contributed by atoms with Gasteiger partial charge in [0.25, 0.3) is 0 Å². The molecule has 21 heavy (non-hydrogen) atoms. The molecular weight excluding hydrogens is 281 g/mol. The van der Waals surface area contributed by atoms with E-state index < -0.39 is 0 Å². The maximum Gasteiger partial charge on any atom is 0.123 e. The third-order valence-corrected chi connectivity index (χ3v) is 4.51. The Bertz CT molecular complexity index is 781. The molecule has 1 nitrogen and oxygen atoms in total. The first-order valence-electron chi connectivity index (χ1n) is 6.88. The molecule has 3 aromatic rings. The second-order valence-electron chi connectivity index (χ2n) is 5.16. The summed E-state index contributed by atoms with van der Waals surface area (Å²) < 4.78 is 12.9. The predicted molar refractivity (Wildman–Crippen MR) is 87.2 cm³/mol. The first-order valence-corrected chi connectivity index (χ1v) is 7.86. The van der Waals surface area contributed by atoms with E-state index >= 15 is 0 Å². The van der Waals surface area contributed by atoms with Gasteiger partial charge in [0, 0.05) is 11.1 Å². The highest BCUT2D eigenvalue weighted by Crippen LogP contribution is 2.27. The van der Waals surface area contributed by atoms with E-state index in [1.165, 1.54) is 28.6 Å². The van der Waals surface area contributed by atoms with Crippen LogP contribution < -0.4 is 0 Å². The zero-order valence-corrected chi connectivity index (χ0v) is 12.9. The van der Waals surface area contributed by atoms with Crippen LogP contribution in [0.5, 0.6) is 0 Å². The van der Waals surface area contributed by atoms with Crippen molar-refractivity contribution in [3.8, 4) is 0 Å². The van der Waals surface area contributed by atoms with Crippen molar-refractivity contribution in [2.45, 2.75) is 24.6 Å². The van der Waals surface area contributed by atoms with E-state index in [4.69, 9.17) is 4.98 Å². The lowest BCUT2D eigenvalue weighted by atomic mass is 10.1. The summed E-state index contributed by atoms with van der Waals surface area (Å²) in [7, 11) is 0. The molecule has 2 aromatic carbocycles. The van der Waals surface area contributed by atoms with Gasteiger partial charge in [-0.3, -0.25) is 0 Å². The Labute approximate surface area is 128 Å². The molecule has 0 atom stereocenters. The smallest absolute Gasteiger partial charge is 0.123 e. The van der Waals surface area contributed by atoms with Crippen LogP contribution in [0, 0.1) is 19.7 Å². The number of aromatic nitrogens is 1. The molecular formula is C18H16FNS. The first kappa shape index (κ1) is 14.1. The highest BCUT2D eigenvalue weighted by atomic mass is 32.2. The number of hydrogen-bond donors (Lipinski definition) is 0. The molecule has 1 aromatic heterocycles. The number of para-hydroxylation sites is 1. The Balaban J connectivity index is 1.87. The van der Waals surface area contributed by atoms with Gasteiger partial charge in [0.15, 0.2) is 0 Å². The van der Waals surface area contributed by atoms with Crippen LogP contribution in [0.25, 0.3) is 10.9 Å². The van der Waals surface area contributed by atoms with E-state index in [9.17, 15) is 4.39 Å². The van der Waals surface area contributed by atoms with Crippen molar-refractivity contribution in [2.75, 3.05) is 0 Å². The summed E-state index contributed by atoms with van der Waals surface area (Å²) in [5.41, 5.74) is 4.61. The standard InChI is InChI=1S/C18H16FNS/c1-12-4-3-5-16-13(2)10-17(20-18(12)16)21-11-14-6-8-15(19)9-7-14/h3-10H,11H2,1-2H3. The van der Waals surface area contributed by atoms with Gasteiger partial charge in [-0.25, -0.2) is 9.37 Å². The third-order valence-electron chi connectivity index (χ3n) is 3.52. The van der Waals surface area contributed by atoms with Crippen molar-refractivity contribution in [1.29, 1.82) is 0 Å². The zero-order valence-electron chi connectivity index (χ0n) is 12.1. The second-order valence-corrected chi connectivity index (χ2v) is 6.16. The fraction of sp³-hybridized carbons (Fsp3) is 0.167. The number of hydrogen-bond acceptors (Lipinski definition) is 2. The first-order chi connectivity index (χ1) is 10.1. The van der Waals surface area contributed by atoms with Gasteiger partial charge in [0.1, 0.15) is 5.82 Å². The van der Waals surface area contributed by atoms with Crippen molar-refractivity contribution in [1.82, 2.24) is 4.98 Å². The average molecular weight is 297 g/mol. The van der Waals surface area contributed by atoms with Crippen LogP contribution in [0.15, 0.2) is 53.6 Å². The molecule has 106 valence electrons. The summed E-state index contributed by atoms with van der Waals surface area (Å²) in [6.07, 6.45) is 0. The molecule has 0 saturated carbocycles. The number of fused-ring (bicyclic) bond motifs is 1. The number of nitrogens with zero attached hydrogens (tertiary/aromatic N) is 1. The largest absolute Gasteiger partial charge is 0.241 e. The summed E-state index contributed by atoms with van der Waals surface area (Å²) in [5, 5.41) is 2.22. The molecule has 0 amide bonds. The molecule has 0 unspecified atom stereocenters. The second kappa shape index (κ2) is 5.86. The van der Waals surface area contributed by atoms with Crippen LogP contribution in [0.3, 0.4) is 0 Å². The highest BCUT2D eigenvalue weighted by molar-refractivity contribution is 7.98. The maximum atomic E-state index is 12.9. The zero-order chi connectivity index (χ0) is 14.8. The van der Waals surface area contributed by atoms with E-state index in [-0.39, 0.29) is 5.82 Å². The van der Waals surface area contributed by atoms with Crippen molar-refractivity contribution < 1.29 is 4.39 Å². The number of aryl methyl sites for hydroxylation is 2. The number of pyridine rings is 1. The Morgan fingerprint density at radius 3 is 2.52 bits per heavy atom. The van der Waals surface area contributed by atoms with Gasteiger partial charge in [-0.1, -0.05) is 30.3 Å². The fourth-order valence-corrected chi connectivity index (χ4v) is 3.27. The van der Waals surface area contributed by atoms with Crippen molar-refractivity contribution in [3.05, 3.63) is 71.0 Å². The summed E-state index contributed by atoms with van der Waals surface area (Å²) in [6.45, 7) is 4.20. The highest BCUT2D eigenvalue weighted by Gasteiger charge is 2.06. The normalized spacial score (nSPS) is 11.0. The van der Waals surface area contributed by atoms with Crippen LogP contribution in [-0.2, 0) is 5.75 Å². The molecule has 0 aliphatic rings. The minimum atomic E-state index is -0.195. The molecule has 3 rings (SSSR count). The number of rotatable bonds is 3. The monoisotopic (exact) mass is 297 g/mol. The molecule has 0 radical (unpaired) electrons. The van der Waals surface area contributed by atoms with Crippen LogP contribution in [0.1, 0.15) is 16.7 Å². The summed E-state index contributed by atoms with van der Waals surface area (Å²) in [5.74, 6) is 0.600. The van der Waals surface area contributed by atoms with Crippen molar-refractivity contribution >= 4 is 22.7 Å². The summed E-state index contributed by atoms with van der Waals surface area (Å²) >= 11 is 1.68. The Morgan fingerprint density at radius 1 is 1.00 bits per heavy atom. The van der Waals surface area contributed by atoms with Crippen LogP contribution in [-0.4, -0.2) is 4.98 Å². The lowest BCUT2D eigenvalue weighted by molar-refractivity contribution is 0.627. The minimum Gasteiger partial charge on any atom is -0.241 e. The topological polar surface area (TPSA) is 12.9 Å². The van der Waals surface area contributed by atoms with E-state index in [1.54, 1.807) is 11.8 Å².